The summed E-state index contributed by atoms with van der Waals surface area (Å²) in [5.74, 6) is -0.861. The molecule has 0 spiro atoms. The molecule has 0 aliphatic rings. The highest BCUT2D eigenvalue weighted by atomic mass is 35.5. The number of rotatable bonds is 6. The maximum absolute atomic E-state index is 11.8. The Bertz CT molecular complexity index is 793. The van der Waals surface area contributed by atoms with Crippen LogP contribution in [0.2, 0.25) is 5.02 Å². The number of aryl methyl sites for hydroxylation is 1. The van der Waals surface area contributed by atoms with E-state index in [-0.39, 0.29) is 19.0 Å². The molecule has 2 rings (SSSR count). The van der Waals surface area contributed by atoms with E-state index in [9.17, 15) is 14.4 Å². The van der Waals surface area contributed by atoms with Gasteiger partial charge < -0.3 is 21.3 Å². The Morgan fingerprint density at radius 2 is 1.54 bits per heavy atom. The molecule has 0 heterocycles. The Morgan fingerprint density at radius 3 is 2.23 bits per heavy atom. The topological polar surface area (TPSA) is 99.3 Å². The third kappa shape index (κ3) is 6.82. The van der Waals surface area contributed by atoms with Crippen LogP contribution in [0.15, 0.2) is 48.5 Å². The summed E-state index contributed by atoms with van der Waals surface area (Å²) in [5.41, 5.74) is 2.21. The summed E-state index contributed by atoms with van der Waals surface area (Å²) in [6.07, 6.45) is 0. The summed E-state index contributed by atoms with van der Waals surface area (Å²) >= 11 is 5.76. The fourth-order valence-corrected chi connectivity index (χ4v) is 2.16. The Kier molecular flexibility index (Phi) is 6.99. The highest BCUT2D eigenvalue weighted by molar-refractivity contribution is 6.30. The molecule has 0 radical (unpaired) electrons. The average molecular weight is 375 g/mol. The van der Waals surface area contributed by atoms with Crippen LogP contribution in [0.4, 0.5) is 16.2 Å². The number of hydrogen-bond donors (Lipinski definition) is 4. The monoisotopic (exact) mass is 374 g/mol. The van der Waals surface area contributed by atoms with Crippen LogP contribution in [-0.2, 0) is 9.59 Å². The fraction of sp³-hybridized carbons (Fsp3) is 0.167. The molecule has 7 nitrogen and oxygen atoms in total. The van der Waals surface area contributed by atoms with Crippen molar-refractivity contribution in [3.05, 3.63) is 59.1 Å². The van der Waals surface area contributed by atoms with Crippen LogP contribution in [0.25, 0.3) is 0 Å². The minimum absolute atomic E-state index is 0.206. The van der Waals surface area contributed by atoms with Gasteiger partial charge in [0.05, 0.1) is 13.1 Å². The minimum atomic E-state index is -0.503. The number of amides is 4. The van der Waals surface area contributed by atoms with Gasteiger partial charge in [0.2, 0.25) is 11.8 Å². The number of urea groups is 1. The Morgan fingerprint density at radius 1 is 0.846 bits per heavy atom. The highest BCUT2D eigenvalue weighted by Gasteiger charge is 2.08. The van der Waals surface area contributed by atoms with Gasteiger partial charge in [-0.3, -0.25) is 9.59 Å². The lowest BCUT2D eigenvalue weighted by atomic mass is 10.2. The van der Waals surface area contributed by atoms with Gasteiger partial charge in [-0.05, 0) is 48.9 Å². The maximum Gasteiger partial charge on any atom is 0.319 e. The summed E-state index contributed by atoms with van der Waals surface area (Å²) in [4.78, 5) is 35.2. The molecule has 2 aromatic carbocycles. The lowest BCUT2D eigenvalue weighted by Gasteiger charge is -2.09. The van der Waals surface area contributed by atoms with Crippen molar-refractivity contribution in [3.8, 4) is 0 Å². The molecule has 0 atom stereocenters. The predicted molar refractivity (Wildman–Crippen MR) is 101 cm³/mol. The Hall–Kier alpha value is -3.06. The van der Waals surface area contributed by atoms with Gasteiger partial charge in [-0.25, -0.2) is 4.79 Å². The van der Waals surface area contributed by atoms with Crippen LogP contribution in [-0.4, -0.2) is 30.9 Å². The van der Waals surface area contributed by atoms with Gasteiger partial charge in [0, 0.05) is 16.4 Å². The zero-order valence-corrected chi connectivity index (χ0v) is 14.9. The number of hydrogen-bond acceptors (Lipinski definition) is 3. The molecule has 0 saturated heterocycles. The first-order valence-corrected chi connectivity index (χ1v) is 8.24. The number of halogens is 1. The lowest BCUT2D eigenvalue weighted by molar-refractivity contribution is -0.123. The second kappa shape index (κ2) is 9.43. The van der Waals surface area contributed by atoms with E-state index in [1.165, 1.54) is 0 Å². The highest BCUT2D eigenvalue weighted by Crippen LogP contribution is 2.13. The second-order valence-electron chi connectivity index (χ2n) is 5.51. The Balaban J connectivity index is 1.67. The van der Waals surface area contributed by atoms with E-state index in [4.69, 9.17) is 11.6 Å². The maximum atomic E-state index is 11.8. The molecule has 0 aromatic heterocycles. The van der Waals surface area contributed by atoms with Gasteiger partial charge in [0.1, 0.15) is 0 Å². The molecule has 0 saturated carbocycles. The standard InChI is InChI=1S/C18H19ClN4O3/c1-12-3-2-4-15(9-12)23-18(26)21-10-16(24)20-11-17(25)22-14-7-5-13(19)6-8-14/h2-9H,10-11H2,1H3,(H,20,24)(H,22,25)(H2,21,23,26). The number of nitrogens with one attached hydrogen (secondary N) is 4. The van der Waals surface area contributed by atoms with E-state index in [0.717, 1.165) is 5.56 Å². The molecule has 136 valence electrons. The van der Waals surface area contributed by atoms with Crippen molar-refractivity contribution in [2.75, 3.05) is 23.7 Å². The molecule has 0 bridgehead atoms. The molecule has 0 aliphatic carbocycles. The molecule has 0 unspecified atom stereocenters. The van der Waals surface area contributed by atoms with Gasteiger partial charge in [0.15, 0.2) is 0 Å². The molecule has 4 N–H and O–H groups in total. The summed E-state index contributed by atoms with van der Waals surface area (Å²) in [5, 5.41) is 10.6. The third-order valence-electron chi connectivity index (χ3n) is 3.26. The van der Waals surface area contributed by atoms with Crippen LogP contribution in [0.3, 0.4) is 0 Å². The van der Waals surface area contributed by atoms with Crippen molar-refractivity contribution in [1.29, 1.82) is 0 Å². The van der Waals surface area contributed by atoms with Gasteiger partial charge in [-0.2, -0.15) is 0 Å². The van der Waals surface area contributed by atoms with E-state index >= 15 is 0 Å². The smallest absolute Gasteiger partial charge is 0.319 e. The van der Waals surface area contributed by atoms with E-state index < -0.39 is 11.9 Å². The fourth-order valence-electron chi connectivity index (χ4n) is 2.04. The zero-order chi connectivity index (χ0) is 18.9. The van der Waals surface area contributed by atoms with Crippen molar-refractivity contribution in [2.45, 2.75) is 6.92 Å². The quantitative estimate of drug-likeness (QED) is 0.625. The van der Waals surface area contributed by atoms with Gasteiger partial charge in [-0.15, -0.1) is 0 Å². The number of benzene rings is 2. The van der Waals surface area contributed by atoms with E-state index in [0.29, 0.717) is 16.4 Å². The van der Waals surface area contributed by atoms with Crippen LogP contribution in [0.1, 0.15) is 5.56 Å². The largest absolute Gasteiger partial charge is 0.345 e. The van der Waals surface area contributed by atoms with Crippen molar-refractivity contribution in [3.63, 3.8) is 0 Å². The van der Waals surface area contributed by atoms with Crippen LogP contribution in [0, 0.1) is 6.92 Å². The summed E-state index contributed by atoms with van der Waals surface area (Å²) in [6.45, 7) is 1.46. The first-order valence-electron chi connectivity index (χ1n) is 7.86. The number of carbonyl (C=O) groups is 3. The van der Waals surface area contributed by atoms with Gasteiger partial charge in [-0.1, -0.05) is 23.7 Å². The first kappa shape index (κ1) is 19.3. The summed E-state index contributed by atoms with van der Waals surface area (Å²) in [6, 6.07) is 13.4. The summed E-state index contributed by atoms with van der Waals surface area (Å²) < 4.78 is 0. The molecular weight excluding hydrogens is 356 g/mol. The minimum Gasteiger partial charge on any atom is -0.345 e. The molecule has 2 aromatic rings. The molecule has 26 heavy (non-hydrogen) atoms. The van der Waals surface area contributed by atoms with Gasteiger partial charge >= 0.3 is 6.03 Å². The third-order valence-corrected chi connectivity index (χ3v) is 3.51. The van der Waals surface area contributed by atoms with Crippen molar-refractivity contribution in [2.24, 2.45) is 0 Å². The number of carbonyl (C=O) groups excluding carboxylic acids is 3. The van der Waals surface area contributed by atoms with Crippen molar-refractivity contribution >= 4 is 40.8 Å². The molecule has 0 fully saturated rings. The molecule has 4 amide bonds. The van der Waals surface area contributed by atoms with Gasteiger partial charge in [0.25, 0.3) is 0 Å². The van der Waals surface area contributed by atoms with E-state index in [1.54, 1.807) is 36.4 Å². The average Bonchev–Trinajstić information content (AvgIpc) is 2.60. The number of anilines is 2. The van der Waals surface area contributed by atoms with E-state index in [1.807, 2.05) is 19.1 Å². The summed E-state index contributed by atoms with van der Waals surface area (Å²) in [7, 11) is 0. The Labute approximate surface area is 156 Å². The second-order valence-corrected chi connectivity index (χ2v) is 5.95. The predicted octanol–water partition coefficient (Wildman–Crippen LogP) is 2.52. The first-order chi connectivity index (χ1) is 12.4. The zero-order valence-electron chi connectivity index (χ0n) is 14.1. The van der Waals surface area contributed by atoms with Crippen LogP contribution in [0.5, 0.6) is 0 Å². The normalized spacial score (nSPS) is 9.92. The SMILES string of the molecule is Cc1cccc(NC(=O)NCC(=O)NCC(=O)Nc2ccc(Cl)cc2)c1. The van der Waals surface area contributed by atoms with E-state index in [2.05, 4.69) is 21.3 Å². The van der Waals surface area contributed by atoms with Crippen molar-refractivity contribution in [1.82, 2.24) is 10.6 Å². The van der Waals surface area contributed by atoms with Crippen molar-refractivity contribution < 1.29 is 14.4 Å². The molecular formula is C18H19ClN4O3. The lowest BCUT2D eigenvalue weighted by Crippen LogP contribution is -2.41. The molecule has 8 heteroatoms. The molecule has 0 aliphatic heterocycles. The van der Waals surface area contributed by atoms with Crippen LogP contribution < -0.4 is 21.3 Å². The van der Waals surface area contributed by atoms with Crippen LogP contribution >= 0.6 is 11.6 Å².